The molecule has 1 aliphatic rings. The standard InChI is InChI=1S/C15H5Br4ClN2O3/c16-9-7-8(10(17)12(19)11(9)18)15(25)22(14(7)24)21-13(23)5-3-1-2-4-6(5)20/h1-4H,(H,21,23). The third-order valence-electron chi connectivity index (χ3n) is 3.43. The van der Waals surface area contributed by atoms with Gasteiger partial charge in [0.25, 0.3) is 17.7 Å². The molecule has 10 heteroatoms. The van der Waals surface area contributed by atoms with E-state index >= 15 is 0 Å². The van der Waals surface area contributed by atoms with E-state index < -0.39 is 17.7 Å². The van der Waals surface area contributed by atoms with Crippen LogP contribution < -0.4 is 5.43 Å². The Morgan fingerprint density at radius 1 is 0.880 bits per heavy atom. The van der Waals surface area contributed by atoms with Crippen molar-refractivity contribution in [1.82, 2.24) is 10.4 Å². The van der Waals surface area contributed by atoms with Gasteiger partial charge >= 0.3 is 0 Å². The second-order valence-electron chi connectivity index (χ2n) is 4.87. The number of benzene rings is 2. The minimum atomic E-state index is -0.662. The SMILES string of the molecule is O=C(NN1C(=O)c2c(Br)c(Br)c(Br)c(Br)c2C1=O)c1ccccc1Cl. The highest BCUT2D eigenvalue weighted by atomic mass is 79.9. The lowest BCUT2D eigenvalue weighted by Gasteiger charge is -2.15. The van der Waals surface area contributed by atoms with Crippen LogP contribution in [-0.4, -0.2) is 22.7 Å². The van der Waals surface area contributed by atoms with Crippen molar-refractivity contribution >= 4 is 93.0 Å². The van der Waals surface area contributed by atoms with Crippen LogP contribution in [0.1, 0.15) is 31.1 Å². The highest BCUT2D eigenvalue weighted by Crippen LogP contribution is 2.44. The highest BCUT2D eigenvalue weighted by Gasteiger charge is 2.42. The fraction of sp³-hybridized carbons (Fsp3) is 0. The Bertz CT molecular complexity index is 917. The van der Waals surface area contributed by atoms with Crippen LogP contribution in [0, 0.1) is 0 Å². The van der Waals surface area contributed by atoms with Crippen LogP contribution in [-0.2, 0) is 0 Å². The molecule has 0 fully saturated rings. The van der Waals surface area contributed by atoms with Crippen LogP contribution in [0.25, 0.3) is 0 Å². The topological polar surface area (TPSA) is 66.5 Å². The van der Waals surface area contributed by atoms with E-state index in [1.165, 1.54) is 6.07 Å². The Hall–Kier alpha value is -0.740. The molecule has 1 heterocycles. The Morgan fingerprint density at radius 2 is 1.36 bits per heavy atom. The van der Waals surface area contributed by atoms with Crippen molar-refractivity contribution in [3.63, 3.8) is 0 Å². The lowest BCUT2D eigenvalue weighted by atomic mass is 10.1. The summed E-state index contributed by atoms with van der Waals surface area (Å²) in [6.45, 7) is 0. The van der Waals surface area contributed by atoms with Gasteiger partial charge in [-0.15, -0.1) is 0 Å². The van der Waals surface area contributed by atoms with Gasteiger partial charge in [0.05, 0.1) is 21.7 Å². The lowest BCUT2D eigenvalue weighted by molar-refractivity contribution is 0.0517. The maximum atomic E-state index is 12.7. The molecule has 0 aliphatic carbocycles. The zero-order valence-electron chi connectivity index (χ0n) is 11.9. The number of imide groups is 1. The van der Waals surface area contributed by atoms with Crippen molar-refractivity contribution in [2.45, 2.75) is 0 Å². The normalized spacial score (nSPS) is 13.2. The van der Waals surface area contributed by atoms with Crippen LogP contribution in [0.4, 0.5) is 0 Å². The van der Waals surface area contributed by atoms with Crippen molar-refractivity contribution in [3.05, 3.63) is 63.9 Å². The van der Waals surface area contributed by atoms with Crippen molar-refractivity contribution < 1.29 is 14.4 Å². The quantitative estimate of drug-likeness (QED) is 0.282. The van der Waals surface area contributed by atoms with E-state index in [9.17, 15) is 14.4 Å². The molecule has 0 saturated carbocycles. The number of carbonyl (C=O) groups is 3. The van der Waals surface area contributed by atoms with Crippen molar-refractivity contribution in [2.24, 2.45) is 0 Å². The van der Waals surface area contributed by atoms with Crippen molar-refractivity contribution in [3.8, 4) is 0 Å². The summed E-state index contributed by atoms with van der Waals surface area (Å²) >= 11 is 19.3. The molecule has 2 aromatic carbocycles. The Labute approximate surface area is 180 Å². The minimum absolute atomic E-state index is 0.145. The number of nitrogens with zero attached hydrogens (tertiary/aromatic N) is 1. The molecular formula is C15H5Br4ClN2O3. The maximum Gasteiger partial charge on any atom is 0.281 e. The minimum Gasteiger partial charge on any atom is -0.267 e. The summed E-state index contributed by atoms with van der Waals surface area (Å²) in [5.74, 6) is -1.96. The average molecular weight is 616 g/mol. The molecule has 0 atom stereocenters. The van der Waals surface area contributed by atoms with Gasteiger partial charge in [-0.25, -0.2) is 0 Å². The molecule has 0 aromatic heterocycles. The molecule has 2 aromatic rings. The molecule has 3 amide bonds. The first-order valence-electron chi connectivity index (χ1n) is 6.56. The summed E-state index contributed by atoms with van der Waals surface area (Å²) in [5.41, 5.74) is 2.76. The molecule has 0 unspecified atom stereocenters. The molecule has 25 heavy (non-hydrogen) atoms. The first-order chi connectivity index (χ1) is 11.8. The number of hydrogen-bond donors (Lipinski definition) is 1. The van der Waals surface area contributed by atoms with Gasteiger partial charge in [0.1, 0.15) is 0 Å². The summed E-state index contributed by atoms with van der Waals surface area (Å²) in [7, 11) is 0. The average Bonchev–Trinajstić information content (AvgIpc) is 2.83. The van der Waals surface area contributed by atoms with Gasteiger partial charge in [0.2, 0.25) is 0 Å². The van der Waals surface area contributed by atoms with Gasteiger partial charge in [0, 0.05) is 17.9 Å². The largest absolute Gasteiger partial charge is 0.281 e. The molecule has 3 rings (SSSR count). The van der Waals surface area contributed by atoms with E-state index in [2.05, 4.69) is 69.1 Å². The third-order valence-corrected chi connectivity index (χ3v) is 8.53. The fourth-order valence-electron chi connectivity index (χ4n) is 2.26. The number of fused-ring (bicyclic) bond motifs is 1. The summed E-state index contributed by atoms with van der Waals surface area (Å²) < 4.78 is 1.95. The maximum absolute atomic E-state index is 12.7. The first-order valence-corrected chi connectivity index (χ1v) is 10.1. The molecule has 0 saturated heterocycles. The highest BCUT2D eigenvalue weighted by molar-refractivity contribution is 9.15. The van der Waals surface area contributed by atoms with Crippen LogP contribution in [0.3, 0.4) is 0 Å². The number of hydrogen-bond acceptors (Lipinski definition) is 3. The summed E-state index contributed by atoms with van der Waals surface area (Å²) in [6, 6.07) is 6.34. The molecule has 5 nitrogen and oxygen atoms in total. The van der Waals surface area contributed by atoms with Gasteiger partial charge in [-0.2, -0.15) is 5.01 Å². The number of rotatable bonds is 2. The van der Waals surface area contributed by atoms with Crippen molar-refractivity contribution in [2.75, 3.05) is 0 Å². The number of carbonyl (C=O) groups excluding carboxylic acids is 3. The molecular weight excluding hydrogens is 611 g/mol. The van der Waals surface area contributed by atoms with E-state index in [0.29, 0.717) is 22.9 Å². The van der Waals surface area contributed by atoms with E-state index in [0.717, 1.165) is 0 Å². The van der Waals surface area contributed by atoms with Crippen molar-refractivity contribution in [1.29, 1.82) is 0 Å². The predicted octanol–water partition coefficient (Wildman–Crippen LogP) is 5.33. The van der Waals surface area contributed by atoms with Gasteiger partial charge in [0.15, 0.2) is 0 Å². The van der Waals surface area contributed by atoms with Crippen LogP contribution >= 0.6 is 75.3 Å². The molecule has 128 valence electrons. The van der Waals surface area contributed by atoms with Gasteiger partial charge in [-0.05, 0) is 75.9 Å². The van der Waals surface area contributed by atoms with Gasteiger partial charge in [-0.1, -0.05) is 23.7 Å². The second-order valence-corrected chi connectivity index (χ2v) is 8.45. The first kappa shape index (κ1) is 19.0. The molecule has 1 N–H and O–H groups in total. The number of amides is 3. The Balaban J connectivity index is 2.01. The van der Waals surface area contributed by atoms with Gasteiger partial charge < -0.3 is 0 Å². The Kier molecular flexibility index (Phi) is 5.41. The molecule has 0 bridgehead atoms. The Morgan fingerprint density at radius 3 is 1.84 bits per heavy atom. The van der Waals surface area contributed by atoms with E-state index in [-0.39, 0.29) is 21.7 Å². The van der Waals surface area contributed by atoms with E-state index in [1.54, 1.807) is 18.2 Å². The summed E-state index contributed by atoms with van der Waals surface area (Å²) in [5, 5.41) is 0.884. The predicted molar refractivity (Wildman–Crippen MR) is 107 cm³/mol. The molecule has 1 aliphatic heterocycles. The van der Waals surface area contributed by atoms with E-state index in [4.69, 9.17) is 11.6 Å². The lowest BCUT2D eigenvalue weighted by Crippen LogP contribution is -2.46. The monoisotopic (exact) mass is 612 g/mol. The zero-order chi connectivity index (χ0) is 18.5. The smallest absolute Gasteiger partial charge is 0.267 e. The van der Waals surface area contributed by atoms with Crippen LogP contribution in [0.2, 0.25) is 5.02 Å². The number of nitrogens with one attached hydrogen (secondary N) is 1. The third kappa shape index (κ3) is 3.10. The van der Waals surface area contributed by atoms with Crippen LogP contribution in [0.15, 0.2) is 42.2 Å². The van der Waals surface area contributed by atoms with E-state index in [1.807, 2.05) is 0 Å². The molecule has 0 spiro atoms. The fourth-order valence-corrected chi connectivity index (χ4v) is 4.94. The second kappa shape index (κ2) is 7.11. The summed E-state index contributed by atoms with van der Waals surface area (Å²) in [4.78, 5) is 37.7. The number of hydrazine groups is 1. The number of halogens is 5. The molecule has 0 radical (unpaired) electrons. The summed E-state index contributed by atoms with van der Waals surface area (Å²) in [6.07, 6.45) is 0. The van der Waals surface area contributed by atoms with Gasteiger partial charge in [-0.3, -0.25) is 19.8 Å². The zero-order valence-corrected chi connectivity index (χ0v) is 19.0. The van der Waals surface area contributed by atoms with Crippen LogP contribution in [0.5, 0.6) is 0 Å².